The Labute approximate surface area is 86.9 Å². The summed E-state index contributed by atoms with van der Waals surface area (Å²) < 4.78 is 0.799. The maximum absolute atomic E-state index is 5.52. The van der Waals surface area contributed by atoms with E-state index in [0.29, 0.717) is 6.54 Å². The van der Waals surface area contributed by atoms with Crippen LogP contribution in [0.2, 0.25) is 0 Å². The molecule has 1 rings (SSSR count). The molecule has 4 heteroatoms. The van der Waals surface area contributed by atoms with Crippen molar-refractivity contribution in [2.24, 2.45) is 5.73 Å². The van der Waals surface area contributed by atoms with Crippen LogP contribution in [0.25, 0.3) is 0 Å². The van der Waals surface area contributed by atoms with Crippen molar-refractivity contribution in [3.8, 4) is 0 Å². The zero-order valence-corrected chi connectivity index (χ0v) is 9.72. The van der Waals surface area contributed by atoms with Crippen LogP contribution in [0.3, 0.4) is 0 Å². The molecule has 0 aliphatic heterocycles. The molecule has 72 valence electrons. The lowest BCUT2D eigenvalue weighted by Crippen LogP contribution is -2.18. The first-order chi connectivity index (χ1) is 5.93. The van der Waals surface area contributed by atoms with Gasteiger partial charge in [0.25, 0.3) is 0 Å². The zero-order valence-electron chi connectivity index (χ0n) is 8.13. The van der Waals surface area contributed by atoms with Crippen molar-refractivity contribution in [1.82, 2.24) is 9.97 Å². The number of rotatable bonds is 1. The summed E-state index contributed by atoms with van der Waals surface area (Å²) in [5.41, 5.74) is 6.35. The Morgan fingerprint density at radius 2 is 2.00 bits per heavy atom. The first kappa shape index (κ1) is 10.6. The maximum Gasteiger partial charge on any atom is 0.135 e. The van der Waals surface area contributed by atoms with E-state index in [1.54, 1.807) is 0 Å². The highest BCUT2D eigenvalue weighted by Gasteiger charge is 2.18. The summed E-state index contributed by atoms with van der Waals surface area (Å²) in [6.07, 6.45) is 0. The third-order valence-electron chi connectivity index (χ3n) is 1.63. The Morgan fingerprint density at radius 1 is 1.38 bits per heavy atom. The van der Waals surface area contributed by atoms with E-state index >= 15 is 0 Å². The van der Waals surface area contributed by atoms with Crippen LogP contribution in [0.1, 0.15) is 32.3 Å². The monoisotopic (exact) mass is 243 g/mol. The van der Waals surface area contributed by atoms with Crippen molar-refractivity contribution in [1.29, 1.82) is 0 Å². The average Bonchev–Trinajstić information content (AvgIpc) is 2.01. The molecule has 0 spiro atoms. The quantitative estimate of drug-likeness (QED) is 0.768. The first-order valence-electron chi connectivity index (χ1n) is 4.17. The predicted molar refractivity (Wildman–Crippen MR) is 56.3 cm³/mol. The number of halogens is 1. The van der Waals surface area contributed by atoms with Gasteiger partial charge in [-0.05, 0) is 22.0 Å². The van der Waals surface area contributed by atoms with Crippen LogP contribution in [-0.4, -0.2) is 9.97 Å². The van der Waals surface area contributed by atoms with Gasteiger partial charge in [0.05, 0.1) is 5.69 Å². The molecule has 0 saturated heterocycles. The van der Waals surface area contributed by atoms with Gasteiger partial charge in [-0.25, -0.2) is 9.97 Å². The Kier molecular flexibility index (Phi) is 3.03. The van der Waals surface area contributed by atoms with E-state index in [2.05, 4.69) is 46.7 Å². The fourth-order valence-corrected chi connectivity index (χ4v) is 1.34. The highest BCUT2D eigenvalue weighted by atomic mass is 79.9. The third-order valence-corrected chi connectivity index (χ3v) is 2.03. The lowest BCUT2D eigenvalue weighted by Gasteiger charge is -2.17. The maximum atomic E-state index is 5.52. The van der Waals surface area contributed by atoms with Gasteiger partial charge in [-0.2, -0.15) is 0 Å². The second kappa shape index (κ2) is 3.72. The van der Waals surface area contributed by atoms with Gasteiger partial charge in [0.1, 0.15) is 10.4 Å². The largest absolute Gasteiger partial charge is 0.325 e. The molecule has 0 amide bonds. The molecule has 2 N–H and O–H groups in total. The van der Waals surface area contributed by atoms with Crippen LogP contribution < -0.4 is 5.73 Å². The summed E-state index contributed by atoms with van der Waals surface area (Å²) in [5, 5.41) is 0. The minimum atomic E-state index is -0.0340. The topological polar surface area (TPSA) is 51.8 Å². The predicted octanol–water partition coefficient (Wildman–Crippen LogP) is 2.00. The lowest BCUT2D eigenvalue weighted by molar-refractivity contribution is 0.539. The van der Waals surface area contributed by atoms with Gasteiger partial charge in [0.2, 0.25) is 0 Å². The molecule has 0 aliphatic rings. The minimum absolute atomic E-state index is 0.0340. The molecule has 1 aromatic rings. The van der Waals surface area contributed by atoms with Crippen LogP contribution >= 0.6 is 15.9 Å². The Bertz CT molecular complexity index is 304. The van der Waals surface area contributed by atoms with Gasteiger partial charge in [-0.3, -0.25) is 0 Å². The molecule has 0 aliphatic carbocycles. The van der Waals surface area contributed by atoms with Crippen LogP contribution in [-0.2, 0) is 12.0 Å². The zero-order chi connectivity index (χ0) is 10.1. The molecule has 0 radical (unpaired) electrons. The molecule has 13 heavy (non-hydrogen) atoms. The molecule has 0 atom stereocenters. The Hall–Kier alpha value is -0.480. The molecule has 1 heterocycles. The van der Waals surface area contributed by atoms with Crippen LogP contribution in [0.5, 0.6) is 0 Å². The van der Waals surface area contributed by atoms with Gasteiger partial charge in [0.15, 0.2) is 0 Å². The molecule has 1 aromatic heterocycles. The fourth-order valence-electron chi connectivity index (χ4n) is 0.904. The Morgan fingerprint density at radius 3 is 2.46 bits per heavy atom. The molecular formula is C9H14BrN3. The second-order valence-corrected chi connectivity index (χ2v) is 4.77. The molecule has 3 nitrogen and oxygen atoms in total. The van der Waals surface area contributed by atoms with E-state index in [1.165, 1.54) is 0 Å². The summed E-state index contributed by atoms with van der Waals surface area (Å²) in [6.45, 7) is 6.68. The van der Waals surface area contributed by atoms with Gasteiger partial charge in [0, 0.05) is 12.0 Å². The number of aromatic nitrogens is 2. The Balaban J connectivity index is 3.16. The van der Waals surface area contributed by atoms with Crippen molar-refractivity contribution in [3.63, 3.8) is 0 Å². The SMILES string of the molecule is CC(C)(C)c1nc(Br)cc(CN)n1. The highest BCUT2D eigenvalue weighted by molar-refractivity contribution is 9.10. The summed E-state index contributed by atoms with van der Waals surface area (Å²) in [7, 11) is 0. The summed E-state index contributed by atoms with van der Waals surface area (Å²) >= 11 is 3.34. The van der Waals surface area contributed by atoms with E-state index in [9.17, 15) is 0 Å². The molecule has 0 unspecified atom stereocenters. The van der Waals surface area contributed by atoms with Gasteiger partial charge >= 0.3 is 0 Å². The van der Waals surface area contributed by atoms with Crippen LogP contribution in [0.4, 0.5) is 0 Å². The number of hydrogen-bond acceptors (Lipinski definition) is 3. The third kappa shape index (κ3) is 2.74. The van der Waals surface area contributed by atoms with E-state index in [-0.39, 0.29) is 5.41 Å². The average molecular weight is 244 g/mol. The van der Waals surface area contributed by atoms with Crippen molar-refractivity contribution in [2.75, 3.05) is 0 Å². The lowest BCUT2D eigenvalue weighted by atomic mass is 9.96. The van der Waals surface area contributed by atoms with E-state index < -0.39 is 0 Å². The molecule has 0 saturated carbocycles. The van der Waals surface area contributed by atoms with Crippen molar-refractivity contribution < 1.29 is 0 Å². The van der Waals surface area contributed by atoms with Crippen LogP contribution in [0, 0.1) is 0 Å². The van der Waals surface area contributed by atoms with Crippen LogP contribution in [0.15, 0.2) is 10.7 Å². The van der Waals surface area contributed by atoms with Gasteiger partial charge < -0.3 is 5.73 Å². The van der Waals surface area contributed by atoms with E-state index in [0.717, 1.165) is 16.1 Å². The summed E-state index contributed by atoms with van der Waals surface area (Å²) in [4.78, 5) is 8.66. The standard InChI is InChI=1S/C9H14BrN3/c1-9(2,3)8-12-6(5-11)4-7(10)13-8/h4H,5,11H2,1-3H3. The normalized spacial score (nSPS) is 11.8. The molecule has 0 aromatic carbocycles. The van der Waals surface area contributed by atoms with Crippen molar-refractivity contribution in [3.05, 3.63) is 22.2 Å². The molecule has 0 bridgehead atoms. The summed E-state index contributed by atoms with van der Waals surface area (Å²) in [5.74, 6) is 0.822. The molecule has 0 fully saturated rings. The van der Waals surface area contributed by atoms with Crippen molar-refractivity contribution >= 4 is 15.9 Å². The minimum Gasteiger partial charge on any atom is -0.325 e. The number of nitrogens with zero attached hydrogens (tertiary/aromatic N) is 2. The van der Waals surface area contributed by atoms with Gasteiger partial charge in [-0.1, -0.05) is 20.8 Å². The molecular weight excluding hydrogens is 230 g/mol. The van der Waals surface area contributed by atoms with Crippen molar-refractivity contribution in [2.45, 2.75) is 32.7 Å². The fraction of sp³-hybridized carbons (Fsp3) is 0.556. The van der Waals surface area contributed by atoms with E-state index in [1.807, 2.05) is 6.07 Å². The second-order valence-electron chi connectivity index (χ2n) is 3.96. The number of hydrogen-bond donors (Lipinski definition) is 1. The smallest absolute Gasteiger partial charge is 0.135 e. The number of nitrogens with two attached hydrogens (primary N) is 1. The van der Waals surface area contributed by atoms with Gasteiger partial charge in [-0.15, -0.1) is 0 Å². The summed E-state index contributed by atoms with van der Waals surface area (Å²) in [6, 6.07) is 1.84. The first-order valence-corrected chi connectivity index (χ1v) is 4.97. The van der Waals surface area contributed by atoms with E-state index in [4.69, 9.17) is 5.73 Å². The highest BCUT2D eigenvalue weighted by Crippen LogP contribution is 2.20.